The number of hydrogen-bond acceptors (Lipinski definition) is 4. The van der Waals surface area contributed by atoms with Gasteiger partial charge in [0.25, 0.3) is 0 Å². The zero-order valence-corrected chi connectivity index (χ0v) is 5.32. The van der Waals surface area contributed by atoms with Crippen molar-refractivity contribution < 1.29 is 9.31 Å². The average Bonchev–Trinajstić information content (AvgIpc) is 1.85. The van der Waals surface area contributed by atoms with Crippen LogP contribution in [0.2, 0.25) is 0 Å². The first-order valence-electron chi connectivity index (χ1n) is 2.66. The Morgan fingerprint density at radius 2 is 2.36 bits per heavy atom. The van der Waals surface area contributed by atoms with Gasteiger partial charge < -0.3 is 5.73 Å². The Morgan fingerprint density at radius 1 is 1.73 bits per heavy atom. The van der Waals surface area contributed by atoms with Crippen molar-refractivity contribution in [3.05, 3.63) is 28.3 Å². The number of nitrogens with zero attached hydrogens (tertiary/aromatic N) is 2. The van der Waals surface area contributed by atoms with Crippen LogP contribution in [0.5, 0.6) is 0 Å². The Labute approximate surface area is 60.8 Å². The van der Waals surface area contributed by atoms with Crippen molar-refractivity contribution in [3.63, 3.8) is 0 Å². The standard InChI is InChI=1S/C5H4FN3O2/c6-5-1-3(7)4(2-8-5)9(10)11/h1-2H,(H2,7,8). The van der Waals surface area contributed by atoms with E-state index >= 15 is 0 Å². The van der Waals surface area contributed by atoms with E-state index in [4.69, 9.17) is 5.73 Å². The van der Waals surface area contributed by atoms with Gasteiger partial charge in [0.15, 0.2) is 0 Å². The van der Waals surface area contributed by atoms with Crippen LogP contribution in [0.3, 0.4) is 0 Å². The molecule has 0 aromatic carbocycles. The van der Waals surface area contributed by atoms with E-state index in [0.717, 1.165) is 12.3 Å². The van der Waals surface area contributed by atoms with Gasteiger partial charge in [-0.15, -0.1) is 0 Å². The summed E-state index contributed by atoms with van der Waals surface area (Å²) in [6.07, 6.45) is 0.782. The topological polar surface area (TPSA) is 82.0 Å². The Morgan fingerprint density at radius 3 is 2.82 bits per heavy atom. The van der Waals surface area contributed by atoms with Gasteiger partial charge in [0, 0.05) is 6.07 Å². The van der Waals surface area contributed by atoms with E-state index in [1.54, 1.807) is 0 Å². The maximum absolute atomic E-state index is 12.2. The molecule has 0 fully saturated rings. The minimum atomic E-state index is -0.826. The molecule has 0 unspecified atom stereocenters. The predicted molar refractivity (Wildman–Crippen MR) is 35.3 cm³/mol. The second-order valence-electron chi connectivity index (χ2n) is 1.82. The van der Waals surface area contributed by atoms with E-state index in [0.29, 0.717) is 0 Å². The van der Waals surface area contributed by atoms with Crippen LogP contribution in [0.4, 0.5) is 15.8 Å². The molecule has 1 aromatic rings. The van der Waals surface area contributed by atoms with Crippen LogP contribution in [0.15, 0.2) is 12.3 Å². The zero-order valence-electron chi connectivity index (χ0n) is 5.32. The van der Waals surface area contributed by atoms with Crippen molar-refractivity contribution in [2.75, 3.05) is 5.73 Å². The normalized spacial score (nSPS) is 9.55. The van der Waals surface area contributed by atoms with Crippen molar-refractivity contribution >= 4 is 11.4 Å². The average molecular weight is 157 g/mol. The maximum atomic E-state index is 12.2. The molecule has 0 aliphatic heterocycles. The highest BCUT2D eigenvalue weighted by atomic mass is 19.1. The number of halogens is 1. The van der Waals surface area contributed by atoms with Crippen molar-refractivity contribution in [1.82, 2.24) is 4.98 Å². The molecular formula is C5H4FN3O2. The van der Waals surface area contributed by atoms with Crippen LogP contribution in [0.25, 0.3) is 0 Å². The van der Waals surface area contributed by atoms with Crippen molar-refractivity contribution in [1.29, 1.82) is 0 Å². The lowest BCUT2D eigenvalue weighted by Crippen LogP contribution is -1.97. The van der Waals surface area contributed by atoms with E-state index in [1.807, 2.05) is 0 Å². The highest BCUT2D eigenvalue weighted by molar-refractivity contribution is 5.55. The second kappa shape index (κ2) is 2.49. The molecular weight excluding hydrogens is 153 g/mol. The van der Waals surface area contributed by atoms with Crippen LogP contribution < -0.4 is 5.73 Å². The molecule has 0 bridgehead atoms. The fourth-order valence-electron chi connectivity index (χ4n) is 0.589. The summed E-state index contributed by atoms with van der Waals surface area (Å²) in [6.45, 7) is 0. The third-order valence-electron chi connectivity index (χ3n) is 1.08. The first kappa shape index (κ1) is 7.39. The molecule has 6 heteroatoms. The largest absolute Gasteiger partial charge is 0.393 e. The Bertz CT molecular complexity index is 302. The number of hydrogen-bond donors (Lipinski definition) is 1. The predicted octanol–water partition coefficient (Wildman–Crippen LogP) is 0.711. The van der Waals surface area contributed by atoms with E-state index in [1.165, 1.54) is 0 Å². The summed E-state index contributed by atoms with van der Waals surface area (Å²) < 4.78 is 12.2. The molecule has 1 rings (SSSR count). The summed E-state index contributed by atoms with van der Waals surface area (Å²) >= 11 is 0. The lowest BCUT2D eigenvalue weighted by Gasteiger charge is -1.93. The highest BCUT2D eigenvalue weighted by Gasteiger charge is 2.11. The van der Waals surface area contributed by atoms with Gasteiger partial charge in [-0.25, -0.2) is 4.98 Å². The molecule has 0 radical (unpaired) electrons. The fourth-order valence-corrected chi connectivity index (χ4v) is 0.589. The van der Waals surface area contributed by atoms with E-state index < -0.39 is 10.9 Å². The first-order chi connectivity index (χ1) is 5.11. The molecule has 0 saturated carbocycles. The molecule has 5 nitrogen and oxygen atoms in total. The molecule has 1 heterocycles. The lowest BCUT2D eigenvalue weighted by atomic mass is 10.4. The zero-order chi connectivity index (χ0) is 8.43. The lowest BCUT2D eigenvalue weighted by molar-refractivity contribution is -0.384. The second-order valence-corrected chi connectivity index (χ2v) is 1.82. The molecule has 0 atom stereocenters. The SMILES string of the molecule is Nc1cc(F)ncc1[N+](=O)[O-]. The summed E-state index contributed by atoms with van der Waals surface area (Å²) in [5, 5.41) is 10.1. The number of nitrogen functional groups attached to an aromatic ring is 1. The van der Waals surface area contributed by atoms with Crippen LogP contribution in [-0.2, 0) is 0 Å². The number of aromatic nitrogens is 1. The minimum absolute atomic E-state index is 0.220. The van der Waals surface area contributed by atoms with E-state index in [9.17, 15) is 14.5 Å². The van der Waals surface area contributed by atoms with Gasteiger partial charge in [0.2, 0.25) is 5.95 Å². The molecule has 0 amide bonds. The monoisotopic (exact) mass is 157 g/mol. The molecule has 0 aliphatic carbocycles. The van der Waals surface area contributed by atoms with Crippen LogP contribution >= 0.6 is 0 Å². The summed E-state index contributed by atoms with van der Waals surface area (Å²) in [5.41, 5.74) is 4.50. The Kier molecular flexibility index (Phi) is 1.67. The summed E-state index contributed by atoms with van der Waals surface area (Å²) in [5.74, 6) is -0.826. The van der Waals surface area contributed by atoms with Gasteiger partial charge in [-0.3, -0.25) is 10.1 Å². The smallest absolute Gasteiger partial charge is 0.310 e. The maximum Gasteiger partial charge on any atom is 0.310 e. The summed E-state index contributed by atoms with van der Waals surface area (Å²) in [4.78, 5) is 12.4. The number of rotatable bonds is 1. The number of nitrogens with two attached hydrogens (primary N) is 1. The van der Waals surface area contributed by atoms with Crippen molar-refractivity contribution in [2.24, 2.45) is 0 Å². The van der Waals surface area contributed by atoms with Crippen LogP contribution in [0, 0.1) is 16.1 Å². The molecule has 11 heavy (non-hydrogen) atoms. The molecule has 58 valence electrons. The van der Waals surface area contributed by atoms with Gasteiger partial charge in [-0.05, 0) is 0 Å². The summed E-state index contributed by atoms with van der Waals surface area (Å²) in [7, 11) is 0. The Balaban J connectivity index is 3.20. The molecule has 0 aliphatic rings. The van der Waals surface area contributed by atoms with Crippen molar-refractivity contribution in [3.8, 4) is 0 Å². The van der Waals surface area contributed by atoms with Gasteiger partial charge in [-0.2, -0.15) is 4.39 Å². The minimum Gasteiger partial charge on any atom is -0.393 e. The van der Waals surface area contributed by atoms with Crippen LogP contribution in [-0.4, -0.2) is 9.91 Å². The van der Waals surface area contributed by atoms with E-state index in [2.05, 4.69) is 4.98 Å². The molecule has 0 saturated heterocycles. The third kappa shape index (κ3) is 1.40. The summed E-state index contributed by atoms with van der Waals surface area (Å²) in [6, 6.07) is 0.804. The number of pyridine rings is 1. The van der Waals surface area contributed by atoms with Crippen LogP contribution in [0.1, 0.15) is 0 Å². The number of nitro groups is 1. The van der Waals surface area contributed by atoms with Crippen molar-refractivity contribution in [2.45, 2.75) is 0 Å². The quantitative estimate of drug-likeness (QED) is 0.369. The fraction of sp³-hybridized carbons (Fsp3) is 0. The molecule has 0 spiro atoms. The van der Waals surface area contributed by atoms with Gasteiger partial charge >= 0.3 is 5.69 Å². The van der Waals surface area contributed by atoms with Gasteiger partial charge in [0.1, 0.15) is 11.9 Å². The molecule has 1 aromatic heterocycles. The van der Waals surface area contributed by atoms with Gasteiger partial charge in [-0.1, -0.05) is 0 Å². The third-order valence-corrected chi connectivity index (χ3v) is 1.08. The van der Waals surface area contributed by atoms with E-state index in [-0.39, 0.29) is 11.4 Å². The van der Waals surface area contributed by atoms with Gasteiger partial charge in [0.05, 0.1) is 4.92 Å². The highest BCUT2D eigenvalue weighted by Crippen LogP contribution is 2.18. The molecule has 2 N–H and O–H groups in total. The first-order valence-corrected chi connectivity index (χ1v) is 2.66. The Hall–Kier alpha value is -1.72. The number of anilines is 1.